The zero-order valence-electron chi connectivity index (χ0n) is 15.4. The summed E-state index contributed by atoms with van der Waals surface area (Å²) in [6.45, 7) is 15.7. The second-order valence-corrected chi connectivity index (χ2v) is 7.94. The van der Waals surface area contributed by atoms with Crippen molar-refractivity contribution in [3.05, 3.63) is 0 Å². The first-order valence-corrected chi connectivity index (χ1v) is 8.22. The van der Waals surface area contributed by atoms with Gasteiger partial charge in [-0.3, -0.25) is 4.90 Å². The molecule has 1 saturated heterocycles. The molecule has 1 heterocycles. The van der Waals surface area contributed by atoms with Crippen molar-refractivity contribution >= 4 is 12.1 Å². The minimum atomic E-state index is -0.460. The van der Waals surface area contributed by atoms with Crippen LogP contribution in [0.5, 0.6) is 0 Å². The van der Waals surface area contributed by atoms with Crippen LogP contribution < -0.4 is 10.6 Å². The summed E-state index contributed by atoms with van der Waals surface area (Å²) < 4.78 is 5.37. The van der Waals surface area contributed by atoms with E-state index in [9.17, 15) is 9.59 Å². The average Bonchev–Trinajstić information content (AvgIpc) is 2.35. The molecule has 0 atom stereocenters. The Hall–Kier alpha value is -1.50. The number of nitrogens with one attached hydrogen (secondary N) is 2. The van der Waals surface area contributed by atoms with Crippen LogP contribution in [-0.2, 0) is 4.74 Å². The number of hydrogen-bond donors (Lipinski definition) is 2. The van der Waals surface area contributed by atoms with E-state index in [0.29, 0.717) is 19.6 Å². The number of carbonyl (C=O) groups is 2. The summed E-state index contributed by atoms with van der Waals surface area (Å²) in [6.07, 6.45) is -0.250. The normalized spacial score (nSPS) is 16.9. The topological polar surface area (TPSA) is 73.9 Å². The van der Waals surface area contributed by atoms with Crippen molar-refractivity contribution in [3.63, 3.8) is 0 Å². The molecule has 0 radical (unpaired) electrons. The van der Waals surface area contributed by atoms with Gasteiger partial charge in [-0.2, -0.15) is 0 Å². The fraction of sp³-hybridized carbons (Fsp3) is 0.875. The van der Waals surface area contributed by atoms with Gasteiger partial charge >= 0.3 is 12.1 Å². The maximum Gasteiger partial charge on any atom is 0.410 e. The van der Waals surface area contributed by atoms with Crippen LogP contribution >= 0.6 is 0 Å². The molecule has 0 bridgehead atoms. The van der Waals surface area contributed by atoms with E-state index in [2.05, 4.69) is 15.5 Å². The molecule has 0 aromatic carbocycles. The summed E-state index contributed by atoms with van der Waals surface area (Å²) in [5.41, 5.74) is -0.693. The monoisotopic (exact) mass is 328 g/mol. The Kier molecular flexibility index (Phi) is 6.68. The Bertz CT molecular complexity index is 402. The first kappa shape index (κ1) is 19.5. The zero-order valence-corrected chi connectivity index (χ0v) is 15.4. The molecule has 23 heavy (non-hydrogen) atoms. The Morgan fingerprint density at radius 3 is 2.04 bits per heavy atom. The molecule has 0 spiro atoms. The number of amides is 3. The minimum absolute atomic E-state index is 0.148. The molecule has 2 N–H and O–H groups in total. The lowest BCUT2D eigenvalue weighted by atomic mass is 10.1. The van der Waals surface area contributed by atoms with Crippen molar-refractivity contribution in [3.8, 4) is 0 Å². The Morgan fingerprint density at radius 1 is 1.00 bits per heavy atom. The predicted molar refractivity (Wildman–Crippen MR) is 90.5 cm³/mol. The van der Waals surface area contributed by atoms with Crippen molar-refractivity contribution in [2.75, 3.05) is 39.3 Å². The Balaban J connectivity index is 2.22. The molecule has 0 unspecified atom stereocenters. The molecular weight excluding hydrogens is 296 g/mol. The number of urea groups is 1. The van der Waals surface area contributed by atoms with Gasteiger partial charge in [-0.25, -0.2) is 9.59 Å². The van der Waals surface area contributed by atoms with E-state index >= 15 is 0 Å². The van der Waals surface area contributed by atoms with Crippen LogP contribution in [0.2, 0.25) is 0 Å². The van der Waals surface area contributed by atoms with E-state index in [1.54, 1.807) is 4.90 Å². The highest BCUT2D eigenvalue weighted by Gasteiger charge is 2.25. The molecule has 7 heteroatoms. The molecule has 1 fully saturated rings. The van der Waals surface area contributed by atoms with Crippen molar-refractivity contribution in [1.29, 1.82) is 0 Å². The molecular formula is C16H32N4O3. The highest BCUT2D eigenvalue weighted by atomic mass is 16.6. The molecule has 1 rings (SSSR count). The lowest BCUT2D eigenvalue weighted by molar-refractivity contribution is 0.0147. The molecule has 0 aliphatic carbocycles. The van der Waals surface area contributed by atoms with Crippen molar-refractivity contribution < 1.29 is 14.3 Å². The van der Waals surface area contributed by atoms with E-state index in [4.69, 9.17) is 4.74 Å². The molecule has 1 aliphatic heterocycles. The Labute approximate surface area is 139 Å². The van der Waals surface area contributed by atoms with Gasteiger partial charge in [-0.05, 0) is 41.5 Å². The zero-order chi connectivity index (χ0) is 17.7. The summed E-state index contributed by atoms with van der Waals surface area (Å²) in [4.78, 5) is 27.6. The van der Waals surface area contributed by atoms with Gasteiger partial charge in [0.1, 0.15) is 5.60 Å². The number of carbonyl (C=O) groups excluding carboxylic acids is 2. The van der Waals surface area contributed by atoms with Gasteiger partial charge < -0.3 is 20.3 Å². The number of ether oxygens (including phenoxy) is 1. The van der Waals surface area contributed by atoms with Gasteiger partial charge in [0.25, 0.3) is 0 Å². The summed E-state index contributed by atoms with van der Waals surface area (Å²) in [6, 6.07) is -0.148. The summed E-state index contributed by atoms with van der Waals surface area (Å²) in [7, 11) is 0. The number of rotatable bonds is 3. The van der Waals surface area contributed by atoms with Crippen LogP contribution in [0.1, 0.15) is 41.5 Å². The summed E-state index contributed by atoms with van der Waals surface area (Å²) in [5, 5.41) is 5.72. The molecule has 0 saturated carbocycles. The molecule has 134 valence electrons. The van der Waals surface area contributed by atoms with Crippen LogP contribution in [0.15, 0.2) is 0 Å². The highest BCUT2D eigenvalue weighted by Crippen LogP contribution is 2.11. The second kappa shape index (κ2) is 7.86. The molecule has 3 amide bonds. The first-order chi connectivity index (χ1) is 10.5. The number of piperazine rings is 1. The van der Waals surface area contributed by atoms with Gasteiger partial charge in [0.05, 0.1) is 0 Å². The van der Waals surface area contributed by atoms with Gasteiger partial charge in [0.15, 0.2) is 0 Å². The number of nitrogens with zero attached hydrogens (tertiary/aromatic N) is 2. The lowest BCUT2D eigenvalue weighted by Gasteiger charge is -2.35. The largest absolute Gasteiger partial charge is 0.444 e. The SMILES string of the molecule is CC(C)(C)NC(=O)NCCN1CCN(C(=O)OC(C)(C)C)CC1. The second-order valence-electron chi connectivity index (χ2n) is 7.94. The standard InChI is InChI=1S/C16H32N4O3/c1-15(2,3)18-13(21)17-7-8-19-9-11-20(12-10-19)14(22)23-16(4,5)6/h7-12H2,1-6H3,(H2,17,18,21). The average molecular weight is 328 g/mol. The smallest absolute Gasteiger partial charge is 0.410 e. The van der Waals surface area contributed by atoms with Gasteiger partial charge in [0, 0.05) is 44.8 Å². The molecule has 0 aromatic heterocycles. The predicted octanol–water partition coefficient (Wildman–Crippen LogP) is 1.64. The van der Waals surface area contributed by atoms with E-state index in [0.717, 1.165) is 19.6 Å². The van der Waals surface area contributed by atoms with Crippen LogP contribution in [-0.4, -0.2) is 72.3 Å². The Morgan fingerprint density at radius 2 is 1.57 bits per heavy atom. The van der Waals surface area contributed by atoms with Gasteiger partial charge in [0.2, 0.25) is 0 Å². The van der Waals surface area contributed by atoms with E-state index in [1.165, 1.54) is 0 Å². The third-order valence-corrected chi connectivity index (χ3v) is 3.23. The van der Waals surface area contributed by atoms with Gasteiger partial charge in [-0.15, -0.1) is 0 Å². The number of hydrogen-bond acceptors (Lipinski definition) is 4. The quantitative estimate of drug-likeness (QED) is 0.826. The van der Waals surface area contributed by atoms with E-state index in [-0.39, 0.29) is 17.7 Å². The van der Waals surface area contributed by atoms with Crippen molar-refractivity contribution in [2.45, 2.75) is 52.7 Å². The minimum Gasteiger partial charge on any atom is -0.444 e. The van der Waals surface area contributed by atoms with Crippen LogP contribution in [0.4, 0.5) is 9.59 Å². The fourth-order valence-electron chi connectivity index (χ4n) is 2.19. The van der Waals surface area contributed by atoms with Crippen LogP contribution in [0.25, 0.3) is 0 Å². The van der Waals surface area contributed by atoms with Crippen LogP contribution in [0, 0.1) is 0 Å². The lowest BCUT2D eigenvalue weighted by Crippen LogP contribution is -2.52. The maximum atomic E-state index is 12.0. The van der Waals surface area contributed by atoms with Crippen molar-refractivity contribution in [2.24, 2.45) is 0 Å². The van der Waals surface area contributed by atoms with Crippen LogP contribution in [0.3, 0.4) is 0 Å². The summed E-state index contributed by atoms with van der Waals surface area (Å²) in [5.74, 6) is 0. The third-order valence-electron chi connectivity index (χ3n) is 3.23. The van der Waals surface area contributed by atoms with Gasteiger partial charge in [-0.1, -0.05) is 0 Å². The fourth-order valence-corrected chi connectivity index (χ4v) is 2.19. The molecule has 1 aliphatic rings. The van der Waals surface area contributed by atoms with Crippen molar-refractivity contribution in [1.82, 2.24) is 20.4 Å². The van der Waals surface area contributed by atoms with E-state index in [1.807, 2.05) is 41.5 Å². The highest BCUT2D eigenvalue weighted by molar-refractivity contribution is 5.74. The third kappa shape index (κ3) is 8.64. The molecule has 7 nitrogen and oxygen atoms in total. The molecule has 0 aromatic rings. The summed E-state index contributed by atoms with van der Waals surface area (Å²) >= 11 is 0. The first-order valence-electron chi connectivity index (χ1n) is 8.22. The van der Waals surface area contributed by atoms with E-state index < -0.39 is 5.60 Å². The maximum absolute atomic E-state index is 12.0.